The van der Waals surface area contributed by atoms with Crippen molar-refractivity contribution in [3.63, 3.8) is 0 Å². The van der Waals surface area contributed by atoms with E-state index in [2.05, 4.69) is 4.52 Å². The Morgan fingerprint density at radius 2 is 1.92 bits per heavy atom. The van der Waals surface area contributed by atoms with Gasteiger partial charge in [-0.15, -0.1) is 0 Å². The van der Waals surface area contributed by atoms with E-state index >= 15 is 0 Å². The molecule has 0 unspecified atom stereocenters. The highest BCUT2D eigenvalue weighted by atomic mass is 31.2. The van der Waals surface area contributed by atoms with Crippen molar-refractivity contribution >= 4 is 13.8 Å². The molecule has 13 heavy (non-hydrogen) atoms. The molecule has 0 aromatic rings. The number of carbonyl (C=O) groups is 1. The number of hydrogen-bond acceptors (Lipinski definition) is 8. The van der Waals surface area contributed by atoms with Gasteiger partial charge in [0.2, 0.25) is 0 Å². The van der Waals surface area contributed by atoms with E-state index in [0.717, 1.165) is 0 Å². The maximum absolute atomic E-state index is 9.86. The fourth-order valence-electron chi connectivity index (χ4n) is 0.416. The van der Waals surface area contributed by atoms with Crippen LogP contribution in [0.1, 0.15) is 0 Å². The quantitative estimate of drug-likeness (QED) is 0.432. The first-order chi connectivity index (χ1) is 5.74. The Balaban J connectivity index is 3.95. The maximum atomic E-state index is 9.86. The number of hydrogen-bond donors (Lipinski definition) is 2. The highest BCUT2D eigenvalue weighted by Gasteiger charge is 2.17. The minimum atomic E-state index is -5.27. The summed E-state index contributed by atoms with van der Waals surface area (Å²) >= 11 is 0. The fraction of sp³-hybridized carbons (Fsp3) is 0.750. The van der Waals surface area contributed by atoms with Crippen LogP contribution in [0.15, 0.2) is 0 Å². The molecule has 0 saturated heterocycles. The van der Waals surface area contributed by atoms with Gasteiger partial charge in [-0.3, -0.25) is 0 Å². The molecule has 0 aliphatic rings. The van der Waals surface area contributed by atoms with E-state index in [1.807, 2.05) is 0 Å². The topological polar surface area (TPSA) is 153 Å². The molecule has 2 atom stereocenters. The van der Waals surface area contributed by atoms with Crippen molar-refractivity contribution in [1.82, 2.24) is 0 Å². The van der Waals surface area contributed by atoms with Crippen molar-refractivity contribution in [3.05, 3.63) is 0 Å². The summed E-state index contributed by atoms with van der Waals surface area (Å²) in [4.78, 5) is 29.5. The van der Waals surface area contributed by atoms with Crippen LogP contribution in [0.4, 0.5) is 0 Å². The third-order valence-corrected chi connectivity index (χ3v) is 1.47. The standard InChI is InChI=1S/C4H9O8P/c5-2(3(6)4(7)8)1-12-13(9,10)11/h2-3,5-6H,1H2,(H,7,8)(H2,9,10,11)/p-3/t2-,3-/m1/s1. The van der Waals surface area contributed by atoms with Gasteiger partial charge in [0.25, 0.3) is 0 Å². The summed E-state index contributed by atoms with van der Waals surface area (Å²) in [5.41, 5.74) is 0. The van der Waals surface area contributed by atoms with E-state index in [-0.39, 0.29) is 0 Å². The summed E-state index contributed by atoms with van der Waals surface area (Å²) < 4.78 is 13.3. The van der Waals surface area contributed by atoms with Gasteiger partial charge in [0.15, 0.2) is 0 Å². The summed E-state index contributed by atoms with van der Waals surface area (Å²) in [5, 5.41) is 27.0. The first-order valence-corrected chi connectivity index (χ1v) is 4.43. The summed E-state index contributed by atoms with van der Waals surface area (Å²) in [7, 11) is -5.27. The molecule has 0 spiro atoms. The number of carbonyl (C=O) groups excluding carboxylic acids is 1. The minimum Gasteiger partial charge on any atom is -0.790 e. The molecule has 9 heteroatoms. The highest BCUT2D eigenvalue weighted by Crippen LogP contribution is 2.24. The molecular formula is C4H6O8P-3. The van der Waals surface area contributed by atoms with Crippen LogP contribution >= 0.6 is 7.82 Å². The normalized spacial score (nSPS) is 16.6. The molecule has 8 nitrogen and oxygen atoms in total. The molecule has 0 heterocycles. The van der Waals surface area contributed by atoms with E-state index in [1.54, 1.807) is 0 Å². The van der Waals surface area contributed by atoms with Gasteiger partial charge in [0.05, 0.1) is 20.4 Å². The zero-order valence-electron chi connectivity index (χ0n) is 6.15. The average Bonchev–Trinajstić information content (AvgIpc) is 1.97. The molecule has 0 aliphatic carbocycles. The summed E-state index contributed by atoms with van der Waals surface area (Å²) in [5.74, 6) is -2.00. The molecule has 0 aliphatic heterocycles. The van der Waals surface area contributed by atoms with Crippen LogP contribution < -0.4 is 14.9 Å². The van der Waals surface area contributed by atoms with E-state index in [9.17, 15) is 24.3 Å². The van der Waals surface area contributed by atoms with Gasteiger partial charge in [-0.1, -0.05) is 0 Å². The maximum Gasteiger partial charge on any atom is 0.121 e. The van der Waals surface area contributed by atoms with Crippen LogP contribution in [-0.4, -0.2) is 35.0 Å². The lowest BCUT2D eigenvalue weighted by Crippen LogP contribution is -2.45. The number of carboxylic acids is 1. The second-order valence-electron chi connectivity index (χ2n) is 2.07. The molecule has 0 aromatic heterocycles. The van der Waals surface area contributed by atoms with Gasteiger partial charge in [-0.25, -0.2) is 0 Å². The Bertz CT molecular complexity index is 220. The fourth-order valence-corrected chi connectivity index (χ4v) is 0.751. The van der Waals surface area contributed by atoms with Crippen LogP contribution in [-0.2, 0) is 13.9 Å². The Kier molecular flexibility index (Phi) is 4.48. The van der Waals surface area contributed by atoms with Gasteiger partial charge in [-0.2, -0.15) is 0 Å². The minimum absolute atomic E-state index is 1.13. The Morgan fingerprint density at radius 1 is 1.46 bits per heavy atom. The Labute approximate surface area is 72.6 Å². The van der Waals surface area contributed by atoms with Crippen LogP contribution in [0.2, 0.25) is 0 Å². The number of rotatable bonds is 5. The Morgan fingerprint density at radius 3 is 2.23 bits per heavy atom. The van der Waals surface area contributed by atoms with E-state index in [1.165, 1.54) is 0 Å². The predicted molar refractivity (Wildman–Crippen MR) is 30.6 cm³/mol. The van der Waals surface area contributed by atoms with Crippen molar-refractivity contribution in [2.75, 3.05) is 6.61 Å². The predicted octanol–water partition coefficient (Wildman–Crippen LogP) is -4.70. The molecule has 0 bridgehead atoms. The van der Waals surface area contributed by atoms with Gasteiger partial charge in [0.1, 0.15) is 12.2 Å². The Hall–Kier alpha value is -0.500. The van der Waals surface area contributed by atoms with Crippen LogP contribution in [0.5, 0.6) is 0 Å². The summed E-state index contributed by atoms with van der Waals surface area (Å²) in [6.07, 6.45) is -4.33. The first kappa shape index (κ1) is 12.5. The number of phosphoric acid groups is 1. The largest absolute Gasteiger partial charge is 0.790 e. The van der Waals surface area contributed by atoms with Crippen LogP contribution in [0.25, 0.3) is 0 Å². The number of aliphatic carboxylic acids is 1. The number of aliphatic hydroxyl groups excluding tert-OH is 2. The van der Waals surface area contributed by atoms with E-state index in [0.29, 0.717) is 0 Å². The van der Waals surface area contributed by atoms with Crippen LogP contribution in [0, 0.1) is 0 Å². The second kappa shape index (κ2) is 4.66. The molecule has 0 saturated carbocycles. The zero-order chi connectivity index (χ0) is 10.6. The summed E-state index contributed by atoms with van der Waals surface area (Å²) in [6.45, 7) is -1.13. The monoisotopic (exact) mass is 213 g/mol. The first-order valence-electron chi connectivity index (χ1n) is 2.97. The smallest absolute Gasteiger partial charge is 0.121 e. The lowest BCUT2D eigenvalue weighted by atomic mass is 10.2. The van der Waals surface area contributed by atoms with Gasteiger partial charge in [-0.05, 0) is 0 Å². The molecular weight excluding hydrogens is 207 g/mol. The molecule has 0 amide bonds. The van der Waals surface area contributed by atoms with E-state index < -0.39 is 32.6 Å². The van der Waals surface area contributed by atoms with Crippen molar-refractivity contribution in [2.24, 2.45) is 0 Å². The van der Waals surface area contributed by atoms with E-state index in [4.69, 9.17) is 10.2 Å². The lowest BCUT2D eigenvalue weighted by Gasteiger charge is -2.30. The molecule has 0 rings (SSSR count). The number of aliphatic hydroxyl groups is 2. The number of phosphoric ester groups is 1. The molecule has 2 N–H and O–H groups in total. The summed E-state index contributed by atoms with van der Waals surface area (Å²) in [6, 6.07) is 0. The SMILES string of the molecule is O=C([O-])[C@H](O)[C@H](O)COP(=O)([O-])[O-]. The van der Waals surface area contributed by atoms with Crippen molar-refractivity contribution < 1.29 is 39.0 Å². The molecule has 0 aromatic carbocycles. The van der Waals surface area contributed by atoms with Gasteiger partial charge >= 0.3 is 0 Å². The molecule has 78 valence electrons. The lowest BCUT2D eigenvalue weighted by molar-refractivity contribution is -0.344. The second-order valence-corrected chi connectivity index (χ2v) is 3.23. The highest BCUT2D eigenvalue weighted by molar-refractivity contribution is 7.43. The van der Waals surface area contributed by atoms with Gasteiger partial charge < -0.3 is 39.0 Å². The molecule has 0 fully saturated rings. The zero-order valence-corrected chi connectivity index (χ0v) is 7.05. The molecule has 0 radical (unpaired) electrons. The van der Waals surface area contributed by atoms with Crippen molar-refractivity contribution in [2.45, 2.75) is 12.2 Å². The average molecular weight is 213 g/mol. The van der Waals surface area contributed by atoms with Crippen molar-refractivity contribution in [3.8, 4) is 0 Å². The van der Waals surface area contributed by atoms with Crippen molar-refractivity contribution in [1.29, 1.82) is 0 Å². The third-order valence-electron chi connectivity index (χ3n) is 1.01. The number of carboxylic acid groups (broad SMARTS) is 1. The van der Waals surface area contributed by atoms with Gasteiger partial charge in [0, 0.05) is 0 Å². The van der Waals surface area contributed by atoms with Crippen LogP contribution in [0.3, 0.4) is 0 Å². The third kappa shape index (κ3) is 5.69.